The summed E-state index contributed by atoms with van der Waals surface area (Å²) in [6.07, 6.45) is 0.129. The number of halogens is 2. The molecule has 1 fully saturated rings. The van der Waals surface area contributed by atoms with E-state index in [2.05, 4.69) is 31.9 Å². The third-order valence-electron chi connectivity index (χ3n) is 2.38. The zero-order valence-electron chi connectivity index (χ0n) is 8.70. The Bertz CT molecular complexity index is 388. The monoisotopic (exact) mass is 367 g/mol. The van der Waals surface area contributed by atoms with Gasteiger partial charge in [-0.25, -0.2) is 0 Å². The van der Waals surface area contributed by atoms with Gasteiger partial charge in [0.1, 0.15) is 0 Å². The molecule has 88 valence electrons. The van der Waals surface area contributed by atoms with Crippen molar-refractivity contribution in [2.75, 3.05) is 19.7 Å². The first-order valence-electron chi connectivity index (χ1n) is 4.93. The molecule has 0 aromatic carbocycles. The fraction of sp³-hybridized carbons (Fsp3) is 0.500. The average molecular weight is 369 g/mol. The number of carbonyl (C=O) groups excluding carboxylic acids is 1. The van der Waals surface area contributed by atoms with Crippen LogP contribution in [0.5, 0.6) is 0 Å². The van der Waals surface area contributed by atoms with Crippen LogP contribution in [0.3, 0.4) is 0 Å². The largest absolute Gasteiger partial charge is 0.375 e. The summed E-state index contributed by atoms with van der Waals surface area (Å²) in [6.45, 7) is 3.96. The number of amides is 1. The standard InChI is InChI=1S/C10H11Br2NO2S/c1-6-5-13(2-3-15-6)10(14)8-4-7(11)9(12)16-8/h4,6H,2-3,5H2,1H3. The molecule has 16 heavy (non-hydrogen) atoms. The second-order valence-electron chi connectivity index (χ2n) is 3.66. The van der Waals surface area contributed by atoms with E-state index in [9.17, 15) is 4.79 Å². The molecule has 1 aliphatic heterocycles. The topological polar surface area (TPSA) is 29.5 Å². The lowest BCUT2D eigenvalue weighted by atomic mass is 10.3. The van der Waals surface area contributed by atoms with Gasteiger partial charge in [0.15, 0.2) is 0 Å². The van der Waals surface area contributed by atoms with Gasteiger partial charge in [0.2, 0.25) is 0 Å². The second kappa shape index (κ2) is 5.16. The molecule has 1 unspecified atom stereocenters. The highest BCUT2D eigenvalue weighted by molar-refractivity contribution is 9.13. The van der Waals surface area contributed by atoms with E-state index in [-0.39, 0.29) is 12.0 Å². The second-order valence-corrected chi connectivity index (χ2v) is 6.89. The van der Waals surface area contributed by atoms with E-state index < -0.39 is 0 Å². The van der Waals surface area contributed by atoms with Crippen LogP contribution < -0.4 is 0 Å². The summed E-state index contributed by atoms with van der Waals surface area (Å²) in [5, 5.41) is 0. The number of nitrogens with zero attached hydrogens (tertiary/aromatic N) is 1. The molecule has 0 bridgehead atoms. The molecular weight excluding hydrogens is 358 g/mol. The predicted molar refractivity (Wildman–Crippen MR) is 71.0 cm³/mol. The predicted octanol–water partition coefficient (Wildman–Crippen LogP) is 3.13. The van der Waals surface area contributed by atoms with Crippen molar-refractivity contribution in [2.24, 2.45) is 0 Å². The fourth-order valence-corrected chi connectivity index (χ4v) is 3.61. The summed E-state index contributed by atoms with van der Waals surface area (Å²) in [5.41, 5.74) is 0. The van der Waals surface area contributed by atoms with Crippen LogP contribution in [0.1, 0.15) is 16.6 Å². The van der Waals surface area contributed by atoms with Gasteiger partial charge in [-0.3, -0.25) is 4.79 Å². The van der Waals surface area contributed by atoms with E-state index in [0.717, 1.165) is 13.1 Å². The number of hydrogen-bond donors (Lipinski definition) is 0. The lowest BCUT2D eigenvalue weighted by molar-refractivity contribution is -0.0122. The number of carbonyl (C=O) groups is 1. The molecule has 0 radical (unpaired) electrons. The highest BCUT2D eigenvalue weighted by atomic mass is 79.9. The quantitative estimate of drug-likeness (QED) is 0.762. The molecule has 0 saturated carbocycles. The van der Waals surface area contributed by atoms with Gasteiger partial charge in [0, 0.05) is 17.6 Å². The molecule has 1 aromatic heterocycles. The van der Waals surface area contributed by atoms with Crippen LogP contribution >= 0.6 is 43.2 Å². The fourth-order valence-electron chi connectivity index (χ4n) is 1.61. The van der Waals surface area contributed by atoms with E-state index >= 15 is 0 Å². The van der Waals surface area contributed by atoms with Crippen molar-refractivity contribution >= 4 is 49.1 Å². The molecule has 0 spiro atoms. The molecule has 1 aromatic rings. The molecule has 6 heteroatoms. The number of morpholine rings is 1. The van der Waals surface area contributed by atoms with Gasteiger partial charge in [-0.15, -0.1) is 11.3 Å². The van der Waals surface area contributed by atoms with E-state index in [4.69, 9.17) is 4.74 Å². The summed E-state index contributed by atoms with van der Waals surface area (Å²) in [7, 11) is 0. The Balaban J connectivity index is 2.12. The van der Waals surface area contributed by atoms with E-state index in [1.54, 1.807) is 0 Å². The molecule has 2 rings (SSSR count). The molecular formula is C10H11Br2NO2S. The van der Waals surface area contributed by atoms with E-state index in [1.807, 2.05) is 17.9 Å². The molecule has 1 atom stereocenters. The Kier molecular flexibility index (Phi) is 4.05. The van der Waals surface area contributed by atoms with Crippen molar-refractivity contribution in [3.05, 3.63) is 19.2 Å². The number of rotatable bonds is 1. The van der Waals surface area contributed by atoms with Crippen LogP contribution in [0.15, 0.2) is 14.3 Å². The first-order chi connectivity index (χ1) is 7.58. The van der Waals surface area contributed by atoms with Crippen molar-refractivity contribution in [3.8, 4) is 0 Å². The van der Waals surface area contributed by atoms with Crippen LogP contribution in [0.4, 0.5) is 0 Å². The van der Waals surface area contributed by atoms with Crippen LogP contribution in [-0.4, -0.2) is 36.6 Å². The van der Waals surface area contributed by atoms with Crippen molar-refractivity contribution < 1.29 is 9.53 Å². The van der Waals surface area contributed by atoms with Crippen molar-refractivity contribution in [2.45, 2.75) is 13.0 Å². The minimum absolute atomic E-state index is 0.0894. The normalized spacial score (nSPS) is 21.2. The molecule has 2 heterocycles. The minimum atomic E-state index is 0.0894. The summed E-state index contributed by atoms with van der Waals surface area (Å²) in [6, 6.07) is 1.86. The first kappa shape index (κ1) is 12.5. The minimum Gasteiger partial charge on any atom is -0.375 e. The van der Waals surface area contributed by atoms with Crippen LogP contribution in [0, 0.1) is 0 Å². The molecule has 0 aliphatic carbocycles. The van der Waals surface area contributed by atoms with Gasteiger partial charge in [0.05, 0.1) is 21.4 Å². The van der Waals surface area contributed by atoms with Gasteiger partial charge in [0.25, 0.3) is 5.91 Å². The van der Waals surface area contributed by atoms with Crippen molar-refractivity contribution in [3.63, 3.8) is 0 Å². The Morgan fingerprint density at radius 2 is 2.38 bits per heavy atom. The molecule has 3 nitrogen and oxygen atoms in total. The lowest BCUT2D eigenvalue weighted by Crippen LogP contribution is -2.44. The zero-order valence-corrected chi connectivity index (χ0v) is 12.7. The SMILES string of the molecule is CC1CN(C(=O)c2cc(Br)c(Br)s2)CCO1. The smallest absolute Gasteiger partial charge is 0.264 e. The highest BCUT2D eigenvalue weighted by Gasteiger charge is 2.24. The van der Waals surface area contributed by atoms with Gasteiger partial charge >= 0.3 is 0 Å². The van der Waals surface area contributed by atoms with Crippen LogP contribution in [0.25, 0.3) is 0 Å². The highest BCUT2D eigenvalue weighted by Crippen LogP contribution is 2.33. The Hall–Kier alpha value is 0.0900. The van der Waals surface area contributed by atoms with E-state index in [0.29, 0.717) is 19.7 Å². The van der Waals surface area contributed by atoms with Crippen molar-refractivity contribution in [1.29, 1.82) is 0 Å². The van der Waals surface area contributed by atoms with Crippen LogP contribution in [-0.2, 0) is 4.74 Å². The number of ether oxygens (including phenoxy) is 1. The molecule has 1 saturated heterocycles. The summed E-state index contributed by atoms with van der Waals surface area (Å²) in [5.74, 6) is 0.0894. The third kappa shape index (κ3) is 2.67. The summed E-state index contributed by atoms with van der Waals surface area (Å²) >= 11 is 8.24. The lowest BCUT2D eigenvalue weighted by Gasteiger charge is -2.30. The maximum absolute atomic E-state index is 12.1. The zero-order chi connectivity index (χ0) is 11.7. The van der Waals surface area contributed by atoms with Crippen molar-refractivity contribution in [1.82, 2.24) is 4.90 Å². The Morgan fingerprint density at radius 3 is 2.94 bits per heavy atom. The summed E-state index contributed by atoms with van der Waals surface area (Å²) in [4.78, 5) is 14.8. The van der Waals surface area contributed by atoms with Gasteiger partial charge in [-0.05, 0) is 44.8 Å². The van der Waals surface area contributed by atoms with Crippen LogP contribution in [0.2, 0.25) is 0 Å². The van der Waals surface area contributed by atoms with Gasteiger partial charge in [-0.2, -0.15) is 0 Å². The summed E-state index contributed by atoms with van der Waals surface area (Å²) < 4.78 is 7.30. The van der Waals surface area contributed by atoms with Gasteiger partial charge in [-0.1, -0.05) is 0 Å². The Labute approximate surface area is 115 Å². The molecule has 0 N–H and O–H groups in total. The Morgan fingerprint density at radius 1 is 1.62 bits per heavy atom. The van der Waals surface area contributed by atoms with Gasteiger partial charge < -0.3 is 9.64 Å². The molecule has 1 amide bonds. The number of hydrogen-bond acceptors (Lipinski definition) is 3. The average Bonchev–Trinajstić information content (AvgIpc) is 2.58. The number of thiophene rings is 1. The third-order valence-corrected chi connectivity index (χ3v) is 5.63. The first-order valence-corrected chi connectivity index (χ1v) is 7.34. The maximum Gasteiger partial charge on any atom is 0.264 e. The van der Waals surface area contributed by atoms with E-state index in [1.165, 1.54) is 11.3 Å². The maximum atomic E-state index is 12.1. The molecule has 1 aliphatic rings.